The number of benzene rings is 1. The van der Waals surface area contributed by atoms with E-state index in [9.17, 15) is 15.2 Å². The molecule has 0 spiro atoms. The molecule has 0 amide bonds. The molecule has 0 radical (unpaired) electrons. The van der Waals surface area contributed by atoms with Crippen LogP contribution in [0.15, 0.2) is 24.3 Å². The van der Waals surface area contributed by atoms with Crippen molar-refractivity contribution in [2.75, 3.05) is 19.0 Å². The van der Waals surface area contributed by atoms with Gasteiger partial charge < -0.3 is 10.0 Å². The molecule has 0 saturated heterocycles. The highest BCUT2D eigenvalue weighted by molar-refractivity contribution is 5.76. The molecule has 0 fully saturated rings. The zero-order valence-corrected chi connectivity index (χ0v) is 11.4. The van der Waals surface area contributed by atoms with Crippen molar-refractivity contribution >= 4 is 11.6 Å². The number of phenolic OH excluding ortho intramolecular Hbond substituents is 1. The number of nitro groups is 1. The summed E-state index contributed by atoms with van der Waals surface area (Å²) in [5, 5.41) is 21.1. The van der Waals surface area contributed by atoms with E-state index >= 15 is 0 Å². The summed E-state index contributed by atoms with van der Waals surface area (Å²) in [7, 11) is 3.49. The number of aromatic hydroxyl groups is 1. The first-order chi connectivity index (χ1) is 9.41. The molecule has 1 aromatic heterocycles. The van der Waals surface area contributed by atoms with Crippen molar-refractivity contribution in [1.82, 2.24) is 9.97 Å². The third-order valence-electron chi connectivity index (χ3n) is 2.79. The molecule has 7 heteroatoms. The smallest absolute Gasteiger partial charge is 0.316 e. The maximum absolute atomic E-state index is 11.2. The van der Waals surface area contributed by atoms with E-state index in [0.29, 0.717) is 11.5 Å². The predicted molar refractivity (Wildman–Crippen MR) is 74.9 cm³/mol. The predicted octanol–water partition coefficient (Wildman–Crippen LogP) is 2.13. The van der Waals surface area contributed by atoms with Crippen LogP contribution in [0.2, 0.25) is 0 Å². The number of aryl methyl sites for hydroxylation is 1. The molecular formula is C13H14N4O3. The minimum atomic E-state index is -0.531. The Labute approximate surface area is 115 Å². The Morgan fingerprint density at radius 2 is 1.90 bits per heavy atom. The van der Waals surface area contributed by atoms with Gasteiger partial charge in [0.15, 0.2) is 5.69 Å². The summed E-state index contributed by atoms with van der Waals surface area (Å²) < 4.78 is 0. The van der Waals surface area contributed by atoms with Crippen molar-refractivity contribution in [1.29, 1.82) is 0 Å². The molecule has 104 valence electrons. The summed E-state index contributed by atoms with van der Waals surface area (Å²) >= 11 is 0. The number of nitrogens with zero attached hydrogens (tertiary/aromatic N) is 4. The molecule has 0 unspecified atom stereocenters. The summed E-state index contributed by atoms with van der Waals surface area (Å²) in [6.07, 6.45) is 0. The number of hydrogen-bond donors (Lipinski definition) is 1. The minimum Gasteiger partial charge on any atom is -0.507 e. The standard InChI is InChI=1S/C13H14N4O3/c1-8-12(17(19)20)11(15-13(14-8)16(2)3)9-6-4-5-7-10(9)18/h4-7,18H,1-3H3. The van der Waals surface area contributed by atoms with Crippen molar-refractivity contribution in [3.63, 3.8) is 0 Å². The number of rotatable bonds is 3. The van der Waals surface area contributed by atoms with Crippen LogP contribution < -0.4 is 4.90 Å². The van der Waals surface area contributed by atoms with E-state index in [-0.39, 0.29) is 22.8 Å². The van der Waals surface area contributed by atoms with Gasteiger partial charge in [-0.05, 0) is 19.1 Å². The van der Waals surface area contributed by atoms with Crippen LogP contribution >= 0.6 is 0 Å². The van der Waals surface area contributed by atoms with E-state index in [1.54, 1.807) is 44.1 Å². The number of hydrogen-bond acceptors (Lipinski definition) is 6. The molecule has 1 heterocycles. The fraction of sp³-hybridized carbons (Fsp3) is 0.231. The first kappa shape index (κ1) is 13.7. The van der Waals surface area contributed by atoms with E-state index in [1.165, 1.54) is 6.07 Å². The fourth-order valence-corrected chi connectivity index (χ4v) is 1.83. The van der Waals surface area contributed by atoms with E-state index in [1.807, 2.05) is 0 Å². The second kappa shape index (κ2) is 5.12. The van der Waals surface area contributed by atoms with Crippen LogP contribution in [0.3, 0.4) is 0 Å². The second-order valence-corrected chi connectivity index (χ2v) is 4.47. The van der Waals surface area contributed by atoms with E-state index in [2.05, 4.69) is 9.97 Å². The lowest BCUT2D eigenvalue weighted by molar-refractivity contribution is -0.385. The van der Waals surface area contributed by atoms with Gasteiger partial charge in [-0.15, -0.1) is 0 Å². The Morgan fingerprint density at radius 1 is 1.25 bits per heavy atom. The van der Waals surface area contributed by atoms with E-state index in [4.69, 9.17) is 0 Å². The lowest BCUT2D eigenvalue weighted by Crippen LogP contribution is -2.15. The SMILES string of the molecule is Cc1nc(N(C)C)nc(-c2ccccc2O)c1[N+](=O)[O-]. The third-order valence-corrected chi connectivity index (χ3v) is 2.79. The molecule has 7 nitrogen and oxygen atoms in total. The van der Waals surface area contributed by atoms with Gasteiger partial charge in [-0.3, -0.25) is 10.1 Å². The average molecular weight is 274 g/mol. The Bertz CT molecular complexity index is 671. The molecule has 1 aromatic carbocycles. The zero-order valence-electron chi connectivity index (χ0n) is 11.4. The van der Waals surface area contributed by atoms with Gasteiger partial charge in [0, 0.05) is 19.7 Å². The minimum absolute atomic E-state index is 0.0570. The Hall–Kier alpha value is -2.70. The van der Waals surface area contributed by atoms with Crippen LogP contribution in [0.1, 0.15) is 5.69 Å². The highest BCUT2D eigenvalue weighted by Crippen LogP contribution is 2.36. The Balaban J connectivity index is 2.78. The normalized spacial score (nSPS) is 10.3. The fourth-order valence-electron chi connectivity index (χ4n) is 1.83. The van der Waals surface area contributed by atoms with E-state index in [0.717, 1.165) is 0 Å². The van der Waals surface area contributed by atoms with Crippen molar-refractivity contribution in [2.45, 2.75) is 6.92 Å². The van der Waals surface area contributed by atoms with Gasteiger partial charge in [-0.25, -0.2) is 9.97 Å². The van der Waals surface area contributed by atoms with Gasteiger partial charge in [0.1, 0.15) is 11.4 Å². The lowest BCUT2D eigenvalue weighted by atomic mass is 10.1. The first-order valence-corrected chi connectivity index (χ1v) is 5.90. The number of anilines is 1. The van der Waals surface area contributed by atoms with E-state index < -0.39 is 4.92 Å². The zero-order chi connectivity index (χ0) is 14.9. The maximum atomic E-state index is 11.2. The number of phenols is 1. The molecule has 0 aliphatic carbocycles. The molecule has 2 rings (SSSR count). The maximum Gasteiger partial charge on any atom is 0.316 e. The van der Waals surface area contributed by atoms with Gasteiger partial charge >= 0.3 is 5.69 Å². The van der Waals surface area contributed by atoms with Crippen LogP contribution in [-0.4, -0.2) is 34.1 Å². The van der Waals surface area contributed by atoms with Crippen molar-refractivity contribution < 1.29 is 10.0 Å². The highest BCUT2D eigenvalue weighted by Gasteiger charge is 2.25. The van der Waals surface area contributed by atoms with Crippen molar-refractivity contribution in [3.05, 3.63) is 40.1 Å². The quantitative estimate of drug-likeness (QED) is 0.680. The molecule has 20 heavy (non-hydrogen) atoms. The van der Waals surface area contributed by atoms with Gasteiger partial charge in [0.2, 0.25) is 5.95 Å². The first-order valence-electron chi connectivity index (χ1n) is 5.90. The van der Waals surface area contributed by atoms with Crippen LogP contribution in [0.25, 0.3) is 11.3 Å². The molecule has 2 aromatic rings. The van der Waals surface area contributed by atoms with Crippen LogP contribution in [-0.2, 0) is 0 Å². The summed E-state index contributed by atoms with van der Waals surface area (Å²) in [6, 6.07) is 6.38. The van der Waals surface area contributed by atoms with Crippen LogP contribution in [0.4, 0.5) is 11.6 Å². The largest absolute Gasteiger partial charge is 0.507 e. The Morgan fingerprint density at radius 3 is 2.45 bits per heavy atom. The average Bonchev–Trinajstić information content (AvgIpc) is 2.37. The van der Waals surface area contributed by atoms with Crippen molar-refractivity contribution in [2.24, 2.45) is 0 Å². The topological polar surface area (TPSA) is 92.4 Å². The third kappa shape index (κ3) is 2.37. The molecule has 0 bridgehead atoms. The van der Waals surface area contributed by atoms with Crippen LogP contribution in [0.5, 0.6) is 5.75 Å². The second-order valence-electron chi connectivity index (χ2n) is 4.47. The number of aromatic nitrogens is 2. The van der Waals surface area contributed by atoms with Gasteiger partial charge in [-0.2, -0.15) is 0 Å². The molecule has 1 N–H and O–H groups in total. The Kier molecular flexibility index (Phi) is 3.51. The molecule has 0 aliphatic heterocycles. The van der Waals surface area contributed by atoms with Gasteiger partial charge in [-0.1, -0.05) is 12.1 Å². The van der Waals surface area contributed by atoms with Gasteiger partial charge in [0.05, 0.1) is 4.92 Å². The lowest BCUT2D eigenvalue weighted by Gasteiger charge is -2.13. The van der Waals surface area contributed by atoms with Crippen LogP contribution in [0, 0.1) is 17.0 Å². The molecular weight excluding hydrogens is 260 g/mol. The summed E-state index contributed by atoms with van der Waals surface area (Å²) in [5.74, 6) is 0.296. The highest BCUT2D eigenvalue weighted by atomic mass is 16.6. The summed E-state index contributed by atoms with van der Waals surface area (Å²) in [4.78, 5) is 20.7. The molecule has 0 saturated carbocycles. The van der Waals surface area contributed by atoms with Gasteiger partial charge in [0.25, 0.3) is 0 Å². The summed E-state index contributed by atoms with van der Waals surface area (Å²) in [6.45, 7) is 1.55. The summed E-state index contributed by atoms with van der Waals surface area (Å²) in [5.41, 5.74) is 0.487. The van der Waals surface area contributed by atoms with Crippen molar-refractivity contribution in [3.8, 4) is 17.0 Å². The molecule has 0 aliphatic rings. The molecule has 0 atom stereocenters. The monoisotopic (exact) mass is 274 g/mol. The number of para-hydroxylation sites is 1.